The zero-order chi connectivity index (χ0) is 18.4. The molecule has 0 aromatic heterocycles. The van der Waals surface area contributed by atoms with Gasteiger partial charge in [-0.15, -0.1) is 4.28 Å². The van der Waals surface area contributed by atoms with Crippen molar-refractivity contribution in [1.29, 1.82) is 0 Å². The van der Waals surface area contributed by atoms with Gasteiger partial charge in [0.05, 0.1) is 11.7 Å². The van der Waals surface area contributed by atoms with Crippen LogP contribution in [0.25, 0.3) is 0 Å². The van der Waals surface area contributed by atoms with Gasteiger partial charge in [-0.25, -0.2) is 5.06 Å². The molecular formula is C19H24N2O4S. The predicted molar refractivity (Wildman–Crippen MR) is 101 cm³/mol. The molecule has 26 heavy (non-hydrogen) atoms. The van der Waals surface area contributed by atoms with Crippen LogP contribution < -0.4 is 5.06 Å². The average Bonchev–Trinajstić information content (AvgIpc) is 2.66. The van der Waals surface area contributed by atoms with E-state index in [-0.39, 0.29) is 6.04 Å². The molecule has 1 heterocycles. The Bertz CT molecular complexity index is 776. The third kappa shape index (κ3) is 5.54. The van der Waals surface area contributed by atoms with Gasteiger partial charge in [0.25, 0.3) is 0 Å². The van der Waals surface area contributed by atoms with Gasteiger partial charge in [0, 0.05) is 19.6 Å². The Morgan fingerprint density at radius 2 is 1.58 bits per heavy atom. The summed E-state index contributed by atoms with van der Waals surface area (Å²) in [5.41, 5.74) is 1.93. The number of hydrogen-bond acceptors (Lipinski definition) is 5. The molecule has 2 aromatic rings. The van der Waals surface area contributed by atoms with E-state index in [1.165, 1.54) is 10.6 Å². The summed E-state index contributed by atoms with van der Waals surface area (Å²) in [6, 6.07) is 19.3. The van der Waals surface area contributed by atoms with Gasteiger partial charge in [-0.2, -0.15) is 8.42 Å². The van der Waals surface area contributed by atoms with Crippen LogP contribution in [-0.4, -0.2) is 43.5 Å². The van der Waals surface area contributed by atoms with Gasteiger partial charge >= 0.3 is 10.4 Å². The van der Waals surface area contributed by atoms with Crippen LogP contribution in [0.2, 0.25) is 0 Å². The summed E-state index contributed by atoms with van der Waals surface area (Å²) in [5, 5.41) is 1.32. The fourth-order valence-electron chi connectivity index (χ4n) is 3.30. The van der Waals surface area contributed by atoms with Crippen molar-refractivity contribution in [2.45, 2.75) is 25.3 Å². The first kappa shape index (κ1) is 18.8. The molecule has 7 heteroatoms. The van der Waals surface area contributed by atoms with E-state index in [0.29, 0.717) is 5.69 Å². The molecular weight excluding hydrogens is 352 g/mol. The first-order valence-corrected chi connectivity index (χ1v) is 10.2. The Kier molecular flexibility index (Phi) is 6.26. The van der Waals surface area contributed by atoms with E-state index in [0.717, 1.165) is 38.9 Å². The second-order valence-corrected chi connectivity index (χ2v) is 7.48. The molecule has 0 amide bonds. The van der Waals surface area contributed by atoms with Gasteiger partial charge in [-0.05, 0) is 37.0 Å². The largest absolute Gasteiger partial charge is 0.418 e. The number of para-hydroxylation sites is 1. The fraction of sp³-hybridized carbons (Fsp3) is 0.368. The van der Waals surface area contributed by atoms with Crippen LogP contribution in [0.1, 0.15) is 18.4 Å². The molecule has 1 N–H and O–H groups in total. The SMILES string of the molecule is O=S(=O)(O)ON(c1ccccc1)C1CCN(CCc2ccccc2)CC1. The van der Waals surface area contributed by atoms with Crippen molar-refractivity contribution in [3.8, 4) is 0 Å². The number of anilines is 1. The Hall–Kier alpha value is -1.93. The molecule has 1 fully saturated rings. The number of hydroxylamine groups is 1. The lowest BCUT2D eigenvalue weighted by atomic mass is 10.0. The molecule has 0 unspecified atom stereocenters. The number of hydrogen-bond donors (Lipinski definition) is 1. The highest BCUT2D eigenvalue weighted by atomic mass is 32.3. The molecule has 0 spiro atoms. The van der Waals surface area contributed by atoms with Crippen molar-refractivity contribution >= 4 is 16.1 Å². The second-order valence-electron chi connectivity index (χ2n) is 6.47. The maximum Gasteiger partial charge on any atom is 0.418 e. The van der Waals surface area contributed by atoms with Crippen molar-refractivity contribution < 1.29 is 17.3 Å². The molecule has 140 valence electrons. The van der Waals surface area contributed by atoms with Crippen LogP contribution in [0.15, 0.2) is 60.7 Å². The second kappa shape index (κ2) is 8.64. The summed E-state index contributed by atoms with van der Waals surface area (Å²) in [7, 11) is -4.57. The lowest BCUT2D eigenvalue weighted by Gasteiger charge is -2.37. The number of rotatable bonds is 7. The molecule has 0 radical (unpaired) electrons. The van der Waals surface area contributed by atoms with Crippen molar-refractivity contribution in [3.05, 3.63) is 66.2 Å². The predicted octanol–water partition coefficient (Wildman–Crippen LogP) is 2.93. The van der Waals surface area contributed by atoms with Crippen molar-refractivity contribution in [1.82, 2.24) is 4.90 Å². The van der Waals surface area contributed by atoms with Crippen LogP contribution in [0.4, 0.5) is 5.69 Å². The first-order chi connectivity index (χ1) is 12.5. The molecule has 1 aliphatic rings. The van der Waals surface area contributed by atoms with E-state index in [9.17, 15) is 8.42 Å². The molecule has 3 rings (SSSR count). The average molecular weight is 376 g/mol. The van der Waals surface area contributed by atoms with Crippen molar-refractivity contribution in [2.24, 2.45) is 0 Å². The topological polar surface area (TPSA) is 70.1 Å². The first-order valence-electron chi connectivity index (χ1n) is 8.79. The normalized spacial score (nSPS) is 16.5. The molecule has 0 bridgehead atoms. The van der Waals surface area contributed by atoms with Crippen molar-refractivity contribution in [2.75, 3.05) is 24.7 Å². The third-order valence-corrected chi connectivity index (χ3v) is 4.98. The number of nitrogens with zero attached hydrogens (tertiary/aromatic N) is 2. The Balaban J connectivity index is 1.59. The van der Waals surface area contributed by atoms with E-state index >= 15 is 0 Å². The van der Waals surface area contributed by atoms with Gasteiger partial charge in [-0.3, -0.25) is 4.55 Å². The van der Waals surface area contributed by atoms with E-state index < -0.39 is 10.4 Å². The minimum absolute atomic E-state index is 0.104. The summed E-state index contributed by atoms with van der Waals surface area (Å²) >= 11 is 0. The number of piperidine rings is 1. The maximum atomic E-state index is 11.3. The van der Waals surface area contributed by atoms with E-state index in [2.05, 4.69) is 17.0 Å². The van der Waals surface area contributed by atoms with E-state index in [4.69, 9.17) is 8.84 Å². The van der Waals surface area contributed by atoms with Gasteiger partial charge < -0.3 is 4.90 Å². The van der Waals surface area contributed by atoms with Crippen LogP contribution in [0, 0.1) is 0 Å². The highest BCUT2D eigenvalue weighted by molar-refractivity contribution is 7.80. The minimum atomic E-state index is -4.57. The maximum absolute atomic E-state index is 11.3. The Morgan fingerprint density at radius 1 is 1.00 bits per heavy atom. The number of likely N-dealkylation sites (tertiary alicyclic amines) is 1. The molecule has 0 atom stereocenters. The molecule has 1 saturated heterocycles. The van der Waals surface area contributed by atoms with Crippen LogP contribution in [0.5, 0.6) is 0 Å². The summed E-state index contributed by atoms with van der Waals surface area (Å²) in [4.78, 5) is 2.38. The fourth-order valence-corrected chi connectivity index (χ4v) is 3.71. The molecule has 6 nitrogen and oxygen atoms in total. The molecule has 1 aliphatic heterocycles. The minimum Gasteiger partial charge on any atom is -0.303 e. The quantitative estimate of drug-likeness (QED) is 0.592. The van der Waals surface area contributed by atoms with Gasteiger partial charge in [0.1, 0.15) is 0 Å². The van der Waals surface area contributed by atoms with Crippen LogP contribution in [-0.2, 0) is 21.1 Å². The van der Waals surface area contributed by atoms with Crippen molar-refractivity contribution in [3.63, 3.8) is 0 Å². The summed E-state index contributed by atoms with van der Waals surface area (Å²) in [6.07, 6.45) is 2.52. The standard InChI is InChI=1S/C19H24N2O4S/c22-26(23,24)25-21(18-9-5-2-6-10-18)19-12-15-20(16-13-19)14-11-17-7-3-1-4-8-17/h1-10,19H,11-16H2,(H,22,23,24). The van der Waals surface area contributed by atoms with Crippen LogP contribution >= 0.6 is 0 Å². The highest BCUT2D eigenvalue weighted by Gasteiger charge is 2.28. The summed E-state index contributed by atoms with van der Waals surface area (Å²) in [6.45, 7) is 2.69. The van der Waals surface area contributed by atoms with Gasteiger partial charge in [-0.1, -0.05) is 48.5 Å². The highest BCUT2D eigenvalue weighted by Crippen LogP contribution is 2.25. The number of benzene rings is 2. The van der Waals surface area contributed by atoms with Gasteiger partial charge in [0.2, 0.25) is 0 Å². The lowest BCUT2D eigenvalue weighted by molar-refractivity contribution is 0.150. The van der Waals surface area contributed by atoms with Gasteiger partial charge in [0.15, 0.2) is 0 Å². The lowest BCUT2D eigenvalue weighted by Crippen LogP contribution is -2.46. The molecule has 2 aromatic carbocycles. The Labute approximate surface area is 154 Å². The summed E-state index contributed by atoms with van der Waals surface area (Å²) < 4.78 is 36.5. The molecule has 0 aliphatic carbocycles. The summed E-state index contributed by atoms with van der Waals surface area (Å²) in [5.74, 6) is 0. The third-order valence-electron chi connectivity index (χ3n) is 4.63. The van der Waals surface area contributed by atoms with Crippen LogP contribution in [0.3, 0.4) is 0 Å². The smallest absolute Gasteiger partial charge is 0.303 e. The molecule has 0 saturated carbocycles. The Morgan fingerprint density at radius 3 is 2.15 bits per heavy atom. The zero-order valence-electron chi connectivity index (χ0n) is 14.6. The zero-order valence-corrected chi connectivity index (χ0v) is 15.4. The van der Waals surface area contributed by atoms with E-state index in [1.807, 2.05) is 36.4 Å². The monoisotopic (exact) mass is 376 g/mol. The van der Waals surface area contributed by atoms with E-state index in [1.54, 1.807) is 12.1 Å².